The van der Waals surface area contributed by atoms with Gasteiger partial charge in [0, 0.05) is 18.5 Å². The van der Waals surface area contributed by atoms with Crippen LogP contribution in [0.5, 0.6) is 0 Å². The number of aromatic nitrogens is 4. The highest BCUT2D eigenvalue weighted by Crippen LogP contribution is 2.29. The van der Waals surface area contributed by atoms with Crippen LogP contribution in [0.2, 0.25) is 0 Å². The molecule has 3 N–H and O–H groups in total. The van der Waals surface area contributed by atoms with Gasteiger partial charge in [-0.3, -0.25) is 9.99 Å². The Kier molecular flexibility index (Phi) is 2.68. The van der Waals surface area contributed by atoms with Crippen molar-refractivity contribution in [3.63, 3.8) is 0 Å². The zero-order valence-corrected chi connectivity index (χ0v) is 8.31. The van der Waals surface area contributed by atoms with Crippen LogP contribution in [0, 0.1) is 0 Å². The molecule has 6 nitrogen and oxygen atoms in total. The molecular formula is C8H7F3N6. The summed E-state index contributed by atoms with van der Waals surface area (Å²) in [4.78, 5) is 10.7. The van der Waals surface area contributed by atoms with Crippen molar-refractivity contribution in [3.05, 3.63) is 30.5 Å². The standard InChI is InChI=1S/C8H7F3N6/c9-8(10,11)5-3-6(15-7(14-5)16-12)17-2-1-13-4-17/h1-4H,12H2,(H,14,15,16). The first-order valence-electron chi connectivity index (χ1n) is 4.42. The highest BCUT2D eigenvalue weighted by Gasteiger charge is 2.33. The number of nitrogens with two attached hydrogens (primary N) is 1. The molecule has 9 heteroatoms. The topological polar surface area (TPSA) is 81.6 Å². The number of anilines is 1. The zero-order valence-electron chi connectivity index (χ0n) is 8.31. The van der Waals surface area contributed by atoms with Crippen LogP contribution in [0.1, 0.15) is 5.69 Å². The third kappa shape index (κ3) is 2.33. The number of nitrogen functional groups attached to an aromatic ring is 1. The molecule has 0 fully saturated rings. The fraction of sp³-hybridized carbons (Fsp3) is 0.125. The lowest BCUT2D eigenvalue weighted by atomic mass is 10.4. The van der Waals surface area contributed by atoms with E-state index in [-0.39, 0.29) is 11.8 Å². The summed E-state index contributed by atoms with van der Waals surface area (Å²) >= 11 is 0. The Morgan fingerprint density at radius 2 is 2.06 bits per heavy atom. The van der Waals surface area contributed by atoms with E-state index in [1.807, 2.05) is 5.43 Å². The SMILES string of the molecule is NNc1nc(-n2ccnc2)cc(C(F)(F)F)n1. The first-order chi connectivity index (χ1) is 8.00. The van der Waals surface area contributed by atoms with E-state index >= 15 is 0 Å². The molecule has 17 heavy (non-hydrogen) atoms. The summed E-state index contributed by atoms with van der Waals surface area (Å²) in [6.07, 6.45) is -0.361. The van der Waals surface area contributed by atoms with Crippen LogP contribution in [0.4, 0.5) is 19.1 Å². The van der Waals surface area contributed by atoms with Gasteiger partial charge in [0.1, 0.15) is 12.1 Å². The summed E-state index contributed by atoms with van der Waals surface area (Å²) in [6, 6.07) is 0.808. The Labute approximate surface area is 93.3 Å². The summed E-state index contributed by atoms with van der Waals surface area (Å²) in [6.45, 7) is 0. The van der Waals surface area contributed by atoms with Crippen molar-refractivity contribution in [1.29, 1.82) is 0 Å². The summed E-state index contributed by atoms with van der Waals surface area (Å²) in [5.41, 5.74) is 0.906. The number of halogens is 3. The van der Waals surface area contributed by atoms with Crippen molar-refractivity contribution in [2.45, 2.75) is 6.18 Å². The maximum Gasteiger partial charge on any atom is 0.433 e. The Morgan fingerprint density at radius 1 is 1.29 bits per heavy atom. The molecule has 0 atom stereocenters. The minimum atomic E-state index is -4.57. The van der Waals surface area contributed by atoms with E-state index in [1.165, 1.54) is 23.3 Å². The second-order valence-electron chi connectivity index (χ2n) is 3.05. The summed E-state index contributed by atoms with van der Waals surface area (Å²) in [5.74, 6) is 4.73. The van der Waals surface area contributed by atoms with Crippen LogP contribution in [-0.4, -0.2) is 19.5 Å². The molecule has 0 radical (unpaired) electrons. The van der Waals surface area contributed by atoms with E-state index in [0.717, 1.165) is 6.07 Å². The molecule has 0 aliphatic carbocycles. The molecule has 2 aromatic rings. The largest absolute Gasteiger partial charge is 0.433 e. The van der Waals surface area contributed by atoms with Crippen LogP contribution in [0.15, 0.2) is 24.8 Å². The van der Waals surface area contributed by atoms with E-state index in [1.54, 1.807) is 0 Å². The molecule has 0 aromatic carbocycles. The normalized spacial score (nSPS) is 11.5. The van der Waals surface area contributed by atoms with E-state index < -0.39 is 11.9 Å². The minimum absolute atomic E-state index is 0.0257. The molecular weight excluding hydrogens is 237 g/mol. The highest BCUT2D eigenvalue weighted by molar-refractivity contribution is 5.35. The van der Waals surface area contributed by atoms with E-state index in [4.69, 9.17) is 5.84 Å². The lowest BCUT2D eigenvalue weighted by molar-refractivity contribution is -0.141. The van der Waals surface area contributed by atoms with Gasteiger partial charge in [-0.25, -0.2) is 15.8 Å². The molecule has 0 aliphatic heterocycles. The van der Waals surface area contributed by atoms with E-state index in [0.29, 0.717) is 0 Å². The number of hydrogen-bond donors (Lipinski definition) is 2. The second-order valence-corrected chi connectivity index (χ2v) is 3.05. The number of imidazole rings is 1. The predicted octanol–water partition coefficient (Wildman–Crippen LogP) is 0.967. The molecule has 0 spiro atoms. The molecule has 2 rings (SSSR count). The predicted molar refractivity (Wildman–Crippen MR) is 52.0 cm³/mol. The third-order valence-corrected chi connectivity index (χ3v) is 1.90. The molecule has 2 heterocycles. The number of nitrogens with zero attached hydrogens (tertiary/aromatic N) is 4. The van der Waals surface area contributed by atoms with E-state index in [9.17, 15) is 13.2 Å². The smallest absolute Gasteiger partial charge is 0.292 e. The van der Waals surface area contributed by atoms with Gasteiger partial charge >= 0.3 is 6.18 Å². The Morgan fingerprint density at radius 3 is 2.59 bits per heavy atom. The lowest BCUT2D eigenvalue weighted by Crippen LogP contribution is -2.16. The molecule has 0 amide bonds. The van der Waals surface area contributed by atoms with Crippen molar-refractivity contribution in [1.82, 2.24) is 19.5 Å². The van der Waals surface area contributed by atoms with Crippen molar-refractivity contribution in [2.24, 2.45) is 5.84 Å². The van der Waals surface area contributed by atoms with Gasteiger partial charge in [-0.15, -0.1) is 0 Å². The van der Waals surface area contributed by atoms with Crippen molar-refractivity contribution in [3.8, 4) is 5.82 Å². The summed E-state index contributed by atoms with van der Waals surface area (Å²) in [5, 5.41) is 0. The average molecular weight is 244 g/mol. The van der Waals surface area contributed by atoms with Crippen molar-refractivity contribution in [2.75, 3.05) is 5.43 Å². The molecule has 0 saturated carbocycles. The maximum absolute atomic E-state index is 12.5. The Hall–Kier alpha value is -2.16. The second kappa shape index (κ2) is 4.01. The average Bonchev–Trinajstić information content (AvgIpc) is 2.80. The first-order valence-corrected chi connectivity index (χ1v) is 4.42. The van der Waals surface area contributed by atoms with Gasteiger partial charge in [0.25, 0.3) is 0 Å². The molecule has 0 saturated heterocycles. The summed E-state index contributed by atoms with van der Waals surface area (Å²) in [7, 11) is 0. The van der Waals surface area contributed by atoms with Gasteiger partial charge < -0.3 is 0 Å². The third-order valence-electron chi connectivity index (χ3n) is 1.90. The molecule has 0 unspecified atom stereocenters. The van der Waals surface area contributed by atoms with Gasteiger partial charge in [-0.05, 0) is 0 Å². The Balaban J connectivity index is 2.54. The molecule has 0 aliphatic rings. The van der Waals surface area contributed by atoms with Gasteiger partial charge in [-0.2, -0.15) is 18.2 Å². The molecule has 0 bridgehead atoms. The van der Waals surface area contributed by atoms with Crippen LogP contribution in [-0.2, 0) is 6.18 Å². The summed E-state index contributed by atoms with van der Waals surface area (Å²) < 4.78 is 38.9. The lowest BCUT2D eigenvalue weighted by Gasteiger charge is -2.09. The molecule has 2 aromatic heterocycles. The van der Waals surface area contributed by atoms with Crippen molar-refractivity contribution >= 4 is 5.95 Å². The number of hydrogen-bond acceptors (Lipinski definition) is 5. The minimum Gasteiger partial charge on any atom is -0.292 e. The number of alkyl halides is 3. The van der Waals surface area contributed by atoms with Gasteiger partial charge in [-0.1, -0.05) is 0 Å². The number of hydrazine groups is 1. The Bertz CT molecular complexity index is 506. The highest BCUT2D eigenvalue weighted by atomic mass is 19.4. The van der Waals surface area contributed by atoms with Crippen LogP contribution >= 0.6 is 0 Å². The monoisotopic (exact) mass is 244 g/mol. The van der Waals surface area contributed by atoms with Crippen molar-refractivity contribution < 1.29 is 13.2 Å². The van der Waals surface area contributed by atoms with E-state index in [2.05, 4.69) is 15.0 Å². The fourth-order valence-electron chi connectivity index (χ4n) is 1.17. The van der Waals surface area contributed by atoms with Gasteiger partial charge in [0.05, 0.1) is 0 Å². The zero-order chi connectivity index (χ0) is 12.5. The van der Waals surface area contributed by atoms with Crippen LogP contribution in [0.25, 0.3) is 5.82 Å². The fourth-order valence-corrected chi connectivity index (χ4v) is 1.17. The first kappa shape index (κ1) is 11.3. The maximum atomic E-state index is 12.5. The number of nitrogens with one attached hydrogen (secondary N) is 1. The van der Waals surface area contributed by atoms with Gasteiger partial charge in [0.2, 0.25) is 5.95 Å². The number of rotatable bonds is 2. The quantitative estimate of drug-likeness (QED) is 0.607. The van der Waals surface area contributed by atoms with Crippen LogP contribution in [0.3, 0.4) is 0 Å². The molecule has 90 valence electrons. The van der Waals surface area contributed by atoms with Gasteiger partial charge in [0.15, 0.2) is 5.69 Å². The van der Waals surface area contributed by atoms with Crippen LogP contribution < -0.4 is 11.3 Å².